The molecule has 27 nitrogen and oxygen atoms in total. The monoisotopic (exact) mass is 1130 g/mol. The summed E-state index contributed by atoms with van der Waals surface area (Å²) in [6.07, 6.45) is -1.01. The van der Waals surface area contributed by atoms with E-state index in [9.17, 15) is 67.4 Å². The van der Waals surface area contributed by atoms with Gasteiger partial charge in [0.15, 0.2) is 0 Å². The number of aliphatic hydroxyl groups excluding tert-OH is 1. The third-order valence-corrected chi connectivity index (χ3v) is 13.3. The fourth-order valence-electron chi connectivity index (χ4n) is 8.34. The van der Waals surface area contributed by atoms with E-state index in [-0.39, 0.29) is 25.2 Å². The molecule has 1 aliphatic rings. The zero-order valence-corrected chi connectivity index (χ0v) is 47.5. The van der Waals surface area contributed by atoms with Gasteiger partial charge in [-0.1, -0.05) is 88.4 Å². The van der Waals surface area contributed by atoms with E-state index in [4.69, 9.17) is 5.73 Å². The molecule has 1 heterocycles. The van der Waals surface area contributed by atoms with Crippen LogP contribution in [-0.4, -0.2) is 198 Å². The SMILES string of the molecule is CC(C)C[C@H]1C(=O)N[C@@H](C)C(=O)N[C@@H](C(C)C)C(=O)NC(Cc2ccccc2)C(=O)N[C@H](C(=O)N(C)[C@@H](C)C(=O)N[C@@H](CO)C(=O)NCC(N)=O)CC(=O)NCC(=O)N[C@@H](C)C(=O)N(C)[C@@H](Cc2ccccc2)C(=O)NCC(=O)N1C. The third-order valence-electron chi connectivity index (χ3n) is 13.3. The second kappa shape index (κ2) is 31.9. The van der Waals surface area contributed by atoms with Crippen molar-refractivity contribution in [2.24, 2.45) is 17.6 Å². The molecule has 3 rings (SSSR count). The number of benzene rings is 2. The summed E-state index contributed by atoms with van der Waals surface area (Å²) in [5.74, 6) is -12.3. The third kappa shape index (κ3) is 20.9. The molecule has 1 saturated heterocycles. The molecule has 0 aromatic heterocycles. The Labute approximate surface area is 470 Å². The molecule has 12 N–H and O–H groups in total. The largest absolute Gasteiger partial charge is 0.394 e. The summed E-state index contributed by atoms with van der Waals surface area (Å²) in [6, 6.07) is 4.16. The van der Waals surface area contributed by atoms with Crippen molar-refractivity contribution in [1.29, 1.82) is 0 Å². The minimum atomic E-state index is -1.85. The van der Waals surface area contributed by atoms with E-state index in [0.717, 1.165) is 21.7 Å². The van der Waals surface area contributed by atoms with Crippen molar-refractivity contribution in [2.75, 3.05) is 47.4 Å². The first kappa shape index (κ1) is 66.8. The van der Waals surface area contributed by atoms with Crippen molar-refractivity contribution in [3.8, 4) is 0 Å². The lowest BCUT2D eigenvalue weighted by Crippen LogP contribution is -2.61. The molecule has 0 radical (unpaired) electrons. The minimum Gasteiger partial charge on any atom is -0.394 e. The first-order chi connectivity index (χ1) is 38.1. The molecule has 81 heavy (non-hydrogen) atoms. The van der Waals surface area contributed by atoms with Gasteiger partial charge in [-0.25, -0.2) is 0 Å². The molecular weight excluding hydrogens is 1050 g/mol. The molecule has 0 spiro atoms. The first-order valence-corrected chi connectivity index (χ1v) is 26.5. The van der Waals surface area contributed by atoms with Crippen LogP contribution in [0.15, 0.2) is 60.7 Å². The lowest BCUT2D eigenvalue weighted by Gasteiger charge is -2.32. The summed E-state index contributed by atoms with van der Waals surface area (Å²) < 4.78 is 0. The summed E-state index contributed by atoms with van der Waals surface area (Å²) in [4.78, 5) is 180. The second-order valence-electron chi connectivity index (χ2n) is 20.6. The maximum atomic E-state index is 14.6. The van der Waals surface area contributed by atoms with Crippen LogP contribution >= 0.6 is 0 Å². The number of nitrogens with one attached hydrogen (secondary N) is 9. The maximum Gasteiger partial charge on any atom is 0.246 e. The molecule has 1 fully saturated rings. The Kier molecular flexibility index (Phi) is 26.3. The van der Waals surface area contributed by atoms with Crippen LogP contribution in [0.3, 0.4) is 0 Å². The van der Waals surface area contributed by atoms with E-state index in [1.165, 1.54) is 34.9 Å². The van der Waals surface area contributed by atoms with Gasteiger partial charge in [-0.3, -0.25) is 62.3 Å². The lowest BCUT2D eigenvalue weighted by molar-refractivity contribution is -0.144. The molecule has 0 bridgehead atoms. The predicted octanol–water partition coefficient (Wildman–Crippen LogP) is -4.15. The topological polar surface area (TPSA) is 386 Å². The van der Waals surface area contributed by atoms with Crippen LogP contribution in [0.5, 0.6) is 0 Å². The highest BCUT2D eigenvalue weighted by Gasteiger charge is 2.38. The van der Waals surface area contributed by atoms with Gasteiger partial charge in [0, 0.05) is 34.0 Å². The number of nitrogens with zero attached hydrogens (tertiary/aromatic N) is 3. The molecule has 13 amide bonds. The van der Waals surface area contributed by atoms with Gasteiger partial charge in [-0.05, 0) is 50.2 Å². The van der Waals surface area contributed by atoms with Gasteiger partial charge in [-0.15, -0.1) is 0 Å². The van der Waals surface area contributed by atoms with Crippen LogP contribution < -0.4 is 53.6 Å². The van der Waals surface area contributed by atoms with Gasteiger partial charge in [-0.2, -0.15) is 0 Å². The van der Waals surface area contributed by atoms with Crippen LogP contribution in [0.25, 0.3) is 0 Å². The van der Waals surface area contributed by atoms with Crippen molar-refractivity contribution >= 4 is 76.8 Å². The van der Waals surface area contributed by atoms with Gasteiger partial charge in [0.25, 0.3) is 0 Å². The average Bonchev–Trinajstić information content (AvgIpc) is 3.45. The van der Waals surface area contributed by atoms with E-state index in [0.29, 0.717) is 11.1 Å². The highest BCUT2D eigenvalue weighted by atomic mass is 16.3. The van der Waals surface area contributed by atoms with Gasteiger partial charge < -0.3 is 73.4 Å². The first-order valence-electron chi connectivity index (χ1n) is 26.5. The fraction of sp³-hybridized carbons (Fsp3) is 0.537. The van der Waals surface area contributed by atoms with Crippen molar-refractivity contribution < 1.29 is 67.4 Å². The van der Waals surface area contributed by atoms with Crippen LogP contribution in [0.1, 0.15) is 72.4 Å². The number of nitrogens with two attached hydrogens (primary N) is 1. The van der Waals surface area contributed by atoms with Crippen molar-refractivity contribution in [3.05, 3.63) is 71.8 Å². The summed E-state index contributed by atoms with van der Waals surface area (Å²) in [6.45, 7) is 7.83. The van der Waals surface area contributed by atoms with Gasteiger partial charge >= 0.3 is 0 Å². The quantitative estimate of drug-likeness (QED) is 0.0807. The molecular formula is C54H79N13O14. The Morgan fingerprint density at radius 1 is 0.667 bits per heavy atom. The molecule has 2 aromatic rings. The fourth-order valence-corrected chi connectivity index (χ4v) is 8.34. The minimum absolute atomic E-state index is 0.0336. The van der Waals surface area contributed by atoms with Gasteiger partial charge in [0.1, 0.15) is 54.4 Å². The van der Waals surface area contributed by atoms with Crippen LogP contribution in [0, 0.1) is 11.8 Å². The van der Waals surface area contributed by atoms with Crippen LogP contribution in [0.2, 0.25) is 0 Å². The maximum absolute atomic E-state index is 14.6. The number of amides is 13. The Morgan fingerprint density at radius 3 is 1.81 bits per heavy atom. The molecule has 0 saturated carbocycles. The number of carbonyl (C=O) groups excluding carboxylic acids is 13. The smallest absolute Gasteiger partial charge is 0.246 e. The molecule has 444 valence electrons. The number of carbonyl (C=O) groups is 13. The average molecular weight is 1130 g/mol. The van der Waals surface area contributed by atoms with Gasteiger partial charge in [0.05, 0.1) is 32.7 Å². The number of likely N-dealkylation sites (N-methyl/N-ethyl adjacent to an activating group) is 3. The zero-order valence-electron chi connectivity index (χ0n) is 47.5. The van der Waals surface area contributed by atoms with Crippen molar-refractivity contribution in [2.45, 2.75) is 129 Å². The standard InChI is InChI=1S/C54H79N13O14/c1-29(2)21-39-51(78)60-31(5)46(73)64-45(30(3)4)52(79)61-36(22-34-17-13-11-14-18-34)49(76)62-37(54(81)65(8)33(7)47(74)63-38(28-68)48(75)57-25-41(55)69)24-42(70)56-26-43(71)59-32(6)53(80)67(10)40(23-35-19-15-12-16-20-35)50(77)58-27-44(72)66(39)9/h11-20,29-33,36-40,45,68H,21-28H2,1-10H3,(H2,55,69)(H,56,70)(H,57,75)(H,58,77)(H,59,71)(H,60,78)(H,61,79)(H,62,76)(H,63,74)(H,64,73)/t31-,32-,33-,36?,37-,38-,39-,40-,45-/m0/s1. The lowest BCUT2D eigenvalue weighted by atomic mass is 10.00. The normalized spacial score (nSPS) is 22.7. The van der Waals surface area contributed by atoms with Gasteiger partial charge in [0.2, 0.25) is 76.8 Å². The molecule has 9 atom stereocenters. The highest BCUT2D eigenvalue weighted by Crippen LogP contribution is 2.15. The Balaban J connectivity index is 2.12. The Bertz CT molecular complexity index is 2590. The van der Waals surface area contributed by atoms with E-state index < -0.39 is 170 Å². The molecule has 2 aromatic carbocycles. The molecule has 1 unspecified atom stereocenters. The van der Waals surface area contributed by atoms with Crippen LogP contribution in [0.4, 0.5) is 0 Å². The Hall–Kier alpha value is -8.49. The number of aliphatic hydroxyl groups is 1. The number of hydrogen-bond acceptors (Lipinski definition) is 14. The summed E-state index contributed by atoms with van der Waals surface area (Å²) in [7, 11) is 3.83. The van der Waals surface area contributed by atoms with E-state index in [1.807, 2.05) is 13.8 Å². The zero-order chi connectivity index (χ0) is 60.8. The Morgan fingerprint density at radius 2 is 1.26 bits per heavy atom. The van der Waals surface area contributed by atoms with Crippen molar-refractivity contribution in [1.82, 2.24) is 62.6 Å². The molecule has 1 aliphatic heterocycles. The molecule has 27 heteroatoms. The predicted molar refractivity (Wildman–Crippen MR) is 293 cm³/mol. The number of rotatable bonds is 15. The van der Waals surface area contributed by atoms with E-state index in [2.05, 4.69) is 47.9 Å². The van der Waals surface area contributed by atoms with E-state index >= 15 is 0 Å². The second-order valence-corrected chi connectivity index (χ2v) is 20.6. The summed E-state index contributed by atoms with van der Waals surface area (Å²) >= 11 is 0. The molecule has 0 aliphatic carbocycles. The van der Waals surface area contributed by atoms with Crippen LogP contribution in [-0.2, 0) is 75.2 Å². The van der Waals surface area contributed by atoms with Crippen molar-refractivity contribution in [3.63, 3.8) is 0 Å². The number of primary amides is 1. The summed E-state index contributed by atoms with van der Waals surface area (Å²) in [5, 5.41) is 32.0. The van der Waals surface area contributed by atoms with E-state index in [1.54, 1.807) is 74.5 Å². The number of hydrogen-bond donors (Lipinski definition) is 11. The summed E-state index contributed by atoms with van der Waals surface area (Å²) in [5.41, 5.74) is 6.24. The highest BCUT2D eigenvalue weighted by molar-refractivity contribution is 6.00.